The first-order chi connectivity index (χ1) is 8.99. The number of aliphatic hydroxyl groups is 1. The molecule has 2 atom stereocenters. The van der Waals surface area contributed by atoms with E-state index in [1.54, 1.807) is 0 Å². The number of benzene rings is 1. The fourth-order valence-electron chi connectivity index (χ4n) is 3.54. The van der Waals surface area contributed by atoms with Crippen LogP contribution in [0.4, 0.5) is 0 Å². The molecule has 0 spiro atoms. The number of hydrogen-bond donors (Lipinski definition) is 1. The van der Waals surface area contributed by atoms with Crippen LogP contribution >= 0.6 is 22.6 Å². The Morgan fingerprint density at radius 2 is 1.89 bits per heavy atom. The number of ketones is 1. The van der Waals surface area contributed by atoms with Gasteiger partial charge in [0.05, 0.1) is 11.0 Å². The van der Waals surface area contributed by atoms with E-state index in [2.05, 4.69) is 34.7 Å². The summed E-state index contributed by atoms with van der Waals surface area (Å²) in [6.07, 6.45) is 2.69. The summed E-state index contributed by atoms with van der Waals surface area (Å²) in [6.45, 7) is 1.93. The second-order valence-corrected chi connectivity index (χ2v) is 6.85. The van der Waals surface area contributed by atoms with Crippen molar-refractivity contribution in [3.05, 3.63) is 41.5 Å². The van der Waals surface area contributed by atoms with E-state index in [-0.39, 0.29) is 5.78 Å². The number of fused-ring (bicyclic) bond motifs is 1. The number of Topliss-reactive ketones (excluding diaryl/α,β-unsaturated/α-hetero) is 1. The van der Waals surface area contributed by atoms with Crippen LogP contribution in [-0.2, 0) is 4.79 Å². The van der Waals surface area contributed by atoms with E-state index in [0.29, 0.717) is 12.8 Å². The van der Waals surface area contributed by atoms with Crippen LogP contribution in [0.15, 0.2) is 35.9 Å². The molecule has 0 amide bonds. The maximum absolute atomic E-state index is 12.1. The van der Waals surface area contributed by atoms with Gasteiger partial charge >= 0.3 is 0 Å². The lowest BCUT2D eigenvalue weighted by Crippen LogP contribution is -2.41. The minimum atomic E-state index is -0.920. The molecule has 0 unspecified atom stereocenters. The summed E-state index contributed by atoms with van der Waals surface area (Å²) in [7, 11) is 0. The quantitative estimate of drug-likeness (QED) is 0.768. The molecule has 0 bridgehead atoms. The van der Waals surface area contributed by atoms with Crippen LogP contribution < -0.4 is 0 Å². The smallest absolute Gasteiger partial charge is 0.142 e. The standard InChI is InChI=1S/C16H17IO2/c1-15-9-7-12(16(15,19)10-8-13(15)18)14(17)11-5-3-2-4-6-11/h2-6,19H,7-10H2,1H3/b14-12+/t15-,16+/m1/s1. The molecule has 0 radical (unpaired) electrons. The lowest BCUT2D eigenvalue weighted by Gasteiger charge is -2.32. The van der Waals surface area contributed by atoms with E-state index >= 15 is 0 Å². The highest BCUT2D eigenvalue weighted by Crippen LogP contribution is 2.59. The van der Waals surface area contributed by atoms with E-state index in [4.69, 9.17) is 0 Å². The fourth-order valence-corrected chi connectivity index (χ4v) is 4.61. The molecule has 2 aliphatic rings. The summed E-state index contributed by atoms with van der Waals surface area (Å²) in [4.78, 5) is 12.1. The molecule has 1 N–H and O–H groups in total. The molecule has 1 aromatic carbocycles. The van der Waals surface area contributed by atoms with Gasteiger partial charge in [0.2, 0.25) is 0 Å². The van der Waals surface area contributed by atoms with Gasteiger partial charge in [0.15, 0.2) is 0 Å². The molecule has 2 fully saturated rings. The third-order valence-corrected chi connectivity index (χ3v) is 6.18. The molecule has 3 rings (SSSR count). The van der Waals surface area contributed by atoms with Crippen LogP contribution in [-0.4, -0.2) is 16.5 Å². The summed E-state index contributed by atoms with van der Waals surface area (Å²) >= 11 is 2.32. The van der Waals surface area contributed by atoms with Gasteiger partial charge in [-0.15, -0.1) is 0 Å². The van der Waals surface area contributed by atoms with Crippen molar-refractivity contribution < 1.29 is 9.90 Å². The van der Waals surface area contributed by atoms with Gasteiger partial charge < -0.3 is 5.11 Å². The monoisotopic (exact) mass is 368 g/mol. The molecule has 3 heteroatoms. The topological polar surface area (TPSA) is 37.3 Å². The first-order valence-corrected chi connectivity index (χ1v) is 7.77. The van der Waals surface area contributed by atoms with Gasteiger partial charge in [-0.3, -0.25) is 4.79 Å². The minimum Gasteiger partial charge on any atom is -0.384 e. The Balaban J connectivity index is 2.11. The highest BCUT2D eigenvalue weighted by molar-refractivity contribution is 14.1. The summed E-state index contributed by atoms with van der Waals surface area (Å²) in [5, 5.41) is 11.1. The molecule has 0 heterocycles. The SMILES string of the molecule is C[C@]12CC/C(=C(\I)c3ccccc3)[C@@]1(O)CCC2=O. The van der Waals surface area contributed by atoms with Gasteiger partial charge in [-0.1, -0.05) is 30.3 Å². The largest absolute Gasteiger partial charge is 0.384 e. The summed E-state index contributed by atoms with van der Waals surface area (Å²) in [5.74, 6) is 0.224. The van der Waals surface area contributed by atoms with Gasteiger partial charge in [0.25, 0.3) is 0 Å². The van der Waals surface area contributed by atoms with Crippen molar-refractivity contribution in [2.45, 2.75) is 38.2 Å². The van der Waals surface area contributed by atoms with Crippen LogP contribution in [0.3, 0.4) is 0 Å². The fraction of sp³-hybridized carbons (Fsp3) is 0.438. The van der Waals surface area contributed by atoms with Gasteiger partial charge in [-0.05, 0) is 59.9 Å². The van der Waals surface area contributed by atoms with Gasteiger partial charge in [-0.2, -0.15) is 0 Å². The number of carbonyl (C=O) groups excluding carboxylic acids is 1. The van der Waals surface area contributed by atoms with Crippen molar-refractivity contribution >= 4 is 32.0 Å². The number of halogens is 1. The number of hydrogen-bond acceptors (Lipinski definition) is 2. The van der Waals surface area contributed by atoms with E-state index in [9.17, 15) is 9.90 Å². The molecule has 100 valence electrons. The Bertz CT molecular complexity index is 563. The van der Waals surface area contributed by atoms with Crippen molar-refractivity contribution in [3.8, 4) is 0 Å². The van der Waals surface area contributed by atoms with Crippen LogP contribution in [0.25, 0.3) is 3.58 Å². The molecule has 0 aromatic heterocycles. The zero-order chi connectivity index (χ0) is 13.7. The minimum absolute atomic E-state index is 0.224. The predicted octanol–water partition coefficient (Wildman–Crippen LogP) is 3.73. The second kappa shape index (κ2) is 4.42. The number of carbonyl (C=O) groups is 1. The Labute approximate surface area is 127 Å². The third kappa shape index (κ3) is 1.74. The average molecular weight is 368 g/mol. The Morgan fingerprint density at radius 1 is 1.21 bits per heavy atom. The summed E-state index contributed by atoms with van der Waals surface area (Å²) in [6, 6.07) is 10.1. The van der Waals surface area contributed by atoms with E-state index < -0.39 is 11.0 Å². The van der Waals surface area contributed by atoms with Crippen LogP contribution in [0.5, 0.6) is 0 Å². The van der Waals surface area contributed by atoms with Crippen LogP contribution in [0.1, 0.15) is 38.2 Å². The van der Waals surface area contributed by atoms with Crippen molar-refractivity contribution in [2.24, 2.45) is 5.41 Å². The van der Waals surface area contributed by atoms with Crippen molar-refractivity contribution in [1.82, 2.24) is 0 Å². The number of rotatable bonds is 1. The van der Waals surface area contributed by atoms with Crippen LogP contribution in [0.2, 0.25) is 0 Å². The molecule has 1 aromatic rings. The Kier molecular flexibility index (Phi) is 3.09. The third-order valence-electron chi connectivity index (χ3n) is 4.91. The maximum atomic E-state index is 12.1. The van der Waals surface area contributed by atoms with Gasteiger partial charge in [0.1, 0.15) is 5.78 Å². The molecule has 19 heavy (non-hydrogen) atoms. The van der Waals surface area contributed by atoms with Crippen LogP contribution in [0, 0.1) is 5.41 Å². The highest BCUT2D eigenvalue weighted by Gasteiger charge is 2.62. The predicted molar refractivity (Wildman–Crippen MR) is 83.9 cm³/mol. The molecule has 2 aliphatic carbocycles. The summed E-state index contributed by atoms with van der Waals surface area (Å²) < 4.78 is 1.11. The zero-order valence-electron chi connectivity index (χ0n) is 10.9. The molecule has 0 aliphatic heterocycles. The maximum Gasteiger partial charge on any atom is 0.142 e. The van der Waals surface area contributed by atoms with E-state index in [0.717, 1.165) is 27.6 Å². The average Bonchev–Trinajstić information content (AvgIpc) is 2.82. The summed E-state index contributed by atoms with van der Waals surface area (Å²) in [5.41, 5.74) is 0.715. The van der Waals surface area contributed by atoms with Gasteiger partial charge in [0, 0.05) is 10.0 Å². The molecule has 0 saturated heterocycles. The van der Waals surface area contributed by atoms with Crippen molar-refractivity contribution in [3.63, 3.8) is 0 Å². The van der Waals surface area contributed by atoms with Gasteiger partial charge in [-0.25, -0.2) is 0 Å². The van der Waals surface area contributed by atoms with Crippen molar-refractivity contribution in [2.75, 3.05) is 0 Å². The van der Waals surface area contributed by atoms with Crippen molar-refractivity contribution in [1.29, 1.82) is 0 Å². The lowest BCUT2D eigenvalue weighted by atomic mass is 9.77. The first-order valence-electron chi connectivity index (χ1n) is 6.69. The molecular weight excluding hydrogens is 351 g/mol. The molecule has 2 nitrogen and oxygen atoms in total. The van der Waals surface area contributed by atoms with E-state index in [1.165, 1.54) is 0 Å². The Morgan fingerprint density at radius 3 is 2.58 bits per heavy atom. The molecule has 2 saturated carbocycles. The van der Waals surface area contributed by atoms with E-state index in [1.807, 2.05) is 25.1 Å². The zero-order valence-corrected chi connectivity index (χ0v) is 13.1. The normalized spacial score (nSPS) is 36.5. The Hall–Kier alpha value is -0.680. The highest BCUT2D eigenvalue weighted by atomic mass is 127. The first kappa shape index (κ1) is 13.3. The second-order valence-electron chi connectivity index (χ2n) is 5.77. The lowest BCUT2D eigenvalue weighted by molar-refractivity contribution is -0.130. The molecular formula is C16H17IO2.